The van der Waals surface area contributed by atoms with Crippen molar-refractivity contribution in [3.8, 4) is 0 Å². The zero-order valence-corrected chi connectivity index (χ0v) is 7.94. The van der Waals surface area contributed by atoms with Crippen molar-refractivity contribution in [2.75, 3.05) is 0 Å². The van der Waals surface area contributed by atoms with Crippen molar-refractivity contribution in [2.24, 2.45) is 23.2 Å². The second-order valence-electron chi connectivity index (χ2n) is 1.22. The third-order valence-corrected chi connectivity index (χ3v) is 0.285. The minimum atomic E-state index is -0.718. The Balaban J connectivity index is -0.0000000621. The van der Waals surface area contributed by atoms with Crippen LogP contribution in [0.2, 0.25) is 0 Å². The lowest BCUT2D eigenvalue weighted by Gasteiger charge is -1.81. The number of isocyanates is 2. The molecule has 0 aromatic heterocycles. The Morgan fingerprint density at radius 2 is 0.938 bits per heavy atom. The summed E-state index contributed by atoms with van der Waals surface area (Å²) in [6.07, 6.45) is 1.50. The van der Waals surface area contributed by atoms with Crippen molar-refractivity contribution >= 4 is 24.2 Å². The van der Waals surface area contributed by atoms with E-state index in [1.807, 2.05) is 0 Å². The van der Waals surface area contributed by atoms with Gasteiger partial charge in [0, 0.05) is 0 Å². The van der Waals surface area contributed by atoms with Crippen molar-refractivity contribution in [3.05, 3.63) is 0 Å². The summed E-state index contributed by atoms with van der Waals surface area (Å²) < 4.78 is 0. The molecule has 0 aliphatic rings. The molecule has 0 aromatic carbocycles. The van der Waals surface area contributed by atoms with E-state index in [0.29, 0.717) is 0 Å². The number of amides is 4. The van der Waals surface area contributed by atoms with Crippen molar-refractivity contribution in [3.63, 3.8) is 0 Å². The van der Waals surface area contributed by atoms with E-state index in [9.17, 15) is 9.59 Å². The maximum absolute atomic E-state index is 9.35. The normalized spacial score (nSPS) is 5.12. The van der Waals surface area contributed by atoms with Crippen molar-refractivity contribution in [2.45, 2.75) is 0 Å². The molecule has 0 aliphatic heterocycles. The Hall–Kier alpha value is -2.78. The fourth-order valence-electron chi connectivity index (χ4n) is 0. The Bertz CT molecular complexity index is 214. The van der Waals surface area contributed by atoms with Gasteiger partial charge in [-0.15, -0.1) is 0 Å². The van der Waals surface area contributed by atoms with Gasteiger partial charge in [-0.1, -0.05) is 0 Å². The van der Waals surface area contributed by atoms with Crippen LogP contribution in [0.5, 0.6) is 0 Å². The number of hydrogen-bond donors (Lipinski definition) is 8. The molecule has 0 aliphatic carbocycles. The van der Waals surface area contributed by atoms with Crippen LogP contribution < -0.4 is 34.0 Å². The highest BCUT2D eigenvalue weighted by Crippen LogP contribution is 1.35. The first-order valence-electron chi connectivity index (χ1n) is 2.97. The van der Waals surface area contributed by atoms with E-state index in [1.54, 1.807) is 10.9 Å². The third kappa shape index (κ3) is 787. The molecule has 0 saturated heterocycles. The summed E-state index contributed by atoms with van der Waals surface area (Å²) in [6.45, 7) is 0. The minimum absolute atomic E-state index is 0.718. The summed E-state index contributed by atoms with van der Waals surface area (Å²) in [5.41, 5.74) is 12.2. The fourth-order valence-corrected chi connectivity index (χ4v) is 0. The van der Waals surface area contributed by atoms with Crippen LogP contribution in [0.4, 0.5) is 9.59 Å². The van der Waals surface area contributed by atoms with Crippen LogP contribution in [0.3, 0.4) is 0 Å². The Morgan fingerprint density at radius 3 is 0.938 bits per heavy atom. The van der Waals surface area contributed by atoms with E-state index in [-0.39, 0.29) is 0 Å². The largest absolute Gasteiger partial charge is 0.351 e. The van der Waals surface area contributed by atoms with Gasteiger partial charge in [0.2, 0.25) is 12.2 Å². The molecule has 0 saturated carbocycles. The third-order valence-electron chi connectivity index (χ3n) is 0.285. The first-order chi connectivity index (χ1) is 7.37. The van der Waals surface area contributed by atoms with Gasteiger partial charge in [-0.2, -0.15) is 0 Å². The first-order valence-corrected chi connectivity index (χ1v) is 2.97. The predicted octanol–water partition coefficient (Wildman–Crippen LogP) is -3.14. The fraction of sp³-hybridized carbons (Fsp3) is 0. The maximum Gasteiger partial charge on any atom is 0.326 e. The van der Waals surface area contributed by atoms with E-state index in [1.165, 1.54) is 0 Å². The average Bonchev–Trinajstić information content (AvgIpc) is 2.21. The lowest BCUT2D eigenvalue weighted by atomic mass is 11.2. The van der Waals surface area contributed by atoms with Gasteiger partial charge in [-0.3, -0.25) is 10.9 Å². The van der Waals surface area contributed by atoms with Crippen LogP contribution >= 0.6 is 0 Å². The van der Waals surface area contributed by atoms with E-state index in [4.69, 9.17) is 20.4 Å². The molecule has 0 rings (SSSR count). The number of nitrogens with one attached hydrogen (secondary N) is 4. The summed E-state index contributed by atoms with van der Waals surface area (Å²) in [4.78, 5) is 35.4. The molecule has 92 valence electrons. The molecule has 0 aromatic rings. The van der Waals surface area contributed by atoms with Crippen LogP contribution in [0.15, 0.2) is 0 Å². The van der Waals surface area contributed by atoms with Crippen molar-refractivity contribution in [1.29, 1.82) is 10.8 Å². The molecule has 0 radical (unpaired) electrons. The van der Waals surface area contributed by atoms with Gasteiger partial charge in [0.05, 0.1) is 0 Å². The quantitative estimate of drug-likeness (QED) is 0.0708. The van der Waals surface area contributed by atoms with E-state index >= 15 is 0 Å². The molecule has 16 heavy (non-hydrogen) atoms. The zero-order chi connectivity index (χ0) is 14.0. The second-order valence-corrected chi connectivity index (χ2v) is 1.22. The van der Waals surface area contributed by atoms with Gasteiger partial charge in [-0.05, 0) is 0 Å². The molecule has 0 unspecified atom stereocenters. The summed E-state index contributed by atoms with van der Waals surface area (Å²) in [6, 6.07) is -1.44. The minimum Gasteiger partial charge on any atom is -0.351 e. The molecule has 0 fully saturated rings. The highest BCUT2D eigenvalue weighted by molar-refractivity contribution is 5.70. The first kappa shape index (κ1) is 23.2. The van der Waals surface area contributed by atoms with E-state index < -0.39 is 12.1 Å². The SMILES string of the molecule is N=C=O.N=C=O.NNC(N)=O.NNC(N)=O. The Kier molecular flexibility index (Phi) is 42.8. The van der Waals surface area contributed by atoms with Crippen molar-refractivity contribution in [1.82, 2.24) is 10.9 Å². The number of rotatable bonds is 0. The Labute approximate surface area is 89.3 Å². The van der Waals surface area contributed by atoms with Crippen LogP contribution in [-0.2, 0) is 9.59 Å². The smallest absolute Gasteiger partial charge is 0.326 e. The molecule has 12 heteroatoms. The molecule has 12 nitrogen and oxygen atoms in total. The molecule has 4 amide bonds. The van der Waals surface area contributed by atoms with Crippen molar-refractivity contribution < 1.29 is 19.2 Å². The molecular formula is C4H12N8O4. The Morgan fingerprint density at radius 1 is 0.875 bits per heavy atom. The molecule has 0 bridgehead atoms. The van der Waals surface area contributed by atoms with Crippen LogP contribution in [0.25, 0.3) is 0 Å². The summed E-state index contributed by atoms with van der Waals surface area (Å²) in [5.74, 6) is 8.89. The number of urea groups is 2. The van der Waals surface area contributed by atoms with Gasteiger partial charge >= 0.3 is 12.1 Å². The van der Waals surface area contributed by atoms with Gasteiger partial charge in [0.15, 0.2) is 0 Å². The average molecular weight is 236 g/mol. The molecule has 0 atom stereocenters. The number of carbonyl (C=O) groups is 2. The number of hydrogen-bond acceptors (Lipinski definition) is 8. The number of hydrazine groups is 2. The molecule has 12 N–H and O–H groups in total. The van der Waals surface area contributed by atoms with E-state index in [2.05, 4.69) is 23.2 Å². The predicted molar refractivity (Wildman–Crippen MR) is 50.6 cm³/mol. The topological polar surface area (TPSA) is 244 Å². The standard InChI is InChI=1S/2CH5N3O.2CHNO/c2*2-1(5)4-3;2*2-1-3/h2*3H2,(H3,2,4,5);2*2H. The summed E-state index contributed by atoms with van der Waals surface area (Å²) in [7, 11) is 0. The monoisotopic (exact) mass is 236 g/mol. The van der Waals surface area contributed by atoms with Gasteiger partial charge in [0.1, 0.15) is 0 Å². The molecule has 0 spiro atoms. The zero-order valence-electron chi connectivity index (χ0n) is 7.94. The number of nitrogens with two attached hydrogens (primary N) is 4. The maximum atomic E-state index is 9.35. The highest BCUT2D eigenvalue weighted by atomic mass is 16.2. The summed E-state index contributed by atoms with van der Waals surface area (Å²) in [5, 5.41) is 10.8. The van der Waals surface area contributed by atoms with Gasteiger partial charge in [-0.25, -0.2) is 41.7 Å². The van der Waals surface area contributed by atoms with E-state index in [0.717, 1.165) is 12.2 Å². The number of primary amides is 2. The molecular weight excluding hydrogens is 224 g/mol. The lowest BCUT2D eigenvalue weighted by Crippen LogP contribution is -2.34. The van der Waals surface area contributed by atoms with Crippen LogP contribution in [0, 0.1) is 10.8 Å². The summed E-state index contributed by atoms with van der Waals surface area (Å²) >= 11 is 0. The van der Waals surface area contributed by atoms with Crippen LogP contribution in [-0.4, -0.2) is 24.2 Å². The number of carbonyl (C=O) groups excluding carboxylic acids is 4. The second kappa shape index (κ2) is 29.5. The van der Waals surface area contributed by atoms with Gasteiger partial charge < -0.3 is 11.5 Å². The molecule has 0 heterocycles. The highest BCUT2D eigenvalue weighted by Gasteiger charge is 1.73. The lowest BCUT2D eigenvalue weighted by molar-refractivity contribution is 0.248. The van der Waals surface area contributed by atoms with Gasteiger partial charge in [0.25, 0.3) is 0 Å². The van der Waals surface area contributed by atoms with Crippen LogP contribution in [0.1, 0.15) is 0 Å².